The Bertz CT molecular complexity index is 387. The molecule has 16 heavy (non-hydrogen) atoms. The van der Waals surface area contributed by atoms with E-state index in [1.54, 1.807) is 20.1 Å². The first-order valence-electron chi connectivity index (χ1n) is 5.23. The number of hydrogen-bond donors (Lipinski definition) is 2. The van der Waals surface area contributed by atoms with E-state index in [1.807, 2.05) is 12.1 Å². The summed E-state index contributed by atoms with van der Waals surface area (Å²) in [5.74, 6) is 1.45. The second kappa shape index (κ2) is 3.96. The molecule has 0 fully saturated rings. The lowest BCUT2D eigenvalue weighted by Gasteiger charge is -2.26. The van der Waals surface area contributed by atoms with Crippen LogP contribution in [0.3, 0.4) is 0 Å². The van der Waals surface area contributed by atoms with Gasteiger partial charge in [0.2, 0.25) is 0 Å². The summed E-state index contributed by atoms with van der Waals surface area (Å²) in [6, 6.07) is 5.57. The molecule has 1 aromatic carbocycles. The average Bonchev–Trinajstić information content (AvgIpc) is 2.72. The van der Waals surface area contributed by atoms with Gasteiger partial charge in [0.15, 0.2) is 0 Å². The summed E-state index contributed by atoms with van der Waals surface area (Å²) in [5, 5.41) is 19.0. The molecule has 0 amide bonds. The molecule has 0 aromatic heterocycles. The first-order valence-corrected chi connectivity index (χ1v) is 5.23. The first kappa shape index (κ1) is 11.2. The molecular formula is C12H16O4. The van der Waals surface area contributed by atoms with E-state index in [0.717, 1.165) is 17.1 Å². The van der Waals surface area contributed by atoms with Gasteiger partial charge in [0.25, 0.3) is 0 Å². The Morgan fingerprint density at radius 1 is 1.56 bits per heavy atom. The maximum Gasteiger partial charge on any atom is 0.133 e. The Kier molecular flexibility index (Phi) is 2.78. The van der Waals surface area contributed by atoms with Crippen molar-refractivity contribution in [1.82, 2.24) is 0 Å². The van der Waals surface area contributed by atoms with Gasteiger partial charge in [-0.15, -0.1) is 0 Å². The lowest BCUT2D eigenvalue weighted by atomic mass is 9.96. The lowest BCUT2D eigenvalue weighted by Crippen LogP contribution is -2.45. The number of rotatable bonds is 3. The molecule has 2 rings (SSSR count). The van der Waals surface area contributed by atoms with Gasteiger partial charge in [-0.3, -0.25) is 0 Å². The molecule has 1 aliphatic heterocycles. The SMILES string of the molecule is COc1ccc2c(c1)O[C@H]([C@](C)(O)CO)C2. The van der Waals surface area contributed by atoms with Gasteiger partial charge < -0.3 is 19.7 Å². The molecule has 1 aromatic rings. The predicted octanol–water partition coefficient (Wildman–Crippen LogP) is 0.742. The zero-order chi connectivity index (χ0) is 11.8. The standard InChI is InChI=1S/C12H16O4/c1-12(14,7-13)11-5-8-3-4-9(15-2)6-10(8)16-11/h3-4,6,11,13-14H,5,7H2,1-2H3/t11-,12+/m0/s1. The van der Waals surface area contributed by atoms with Crippen molar-refractivity contribution in [2.24, 2.45) is 0 Å². The number of ether oxygens (including phenoxy) is 2. The van der Waals surface area contributed by atoms with E-state index in [9.17, 15) is 5.11 Å². The van der Waals surface area contributed by atoms with Crippen LogP contribution in [-0.4, -0.2) is 35.6 Å². The van der Waals surface area contributed by atoms with Crippen molar-refractivity contribution in [3.8, 4) is 11.5 Å². The second-order valence-corrected chi connectivity index (χ2v) is 4.30. The zero-order valence-electron chi connectivity index (χ0n) is 9.43. The van der Waals surface area contributed by atoms with Crippen molar-refractivity contribution >= 4 is 0 Å². The summed E-state index contributed by atoms with van der Waals surface area (Å²) in [4.78, 5) is 0. The summed E-state index contributed by atoms with van der Waals surface area (Å²) in [5.41, 5.74) is -0.189. The number of aliphatic hydroxyl groups excluding tert-OH is 1. The maximum absolute atomic E-state index is 9.92. The molecule has 0 saturated heterocycles. The highest BCUT2D eigenvalue weighted by molar-refractivity contribution is 5.44. The minimum absolute atomic E-state index is 0.317. The average molecular weight is 224 g/mol. The molecule has 1 aliphatic rings. The van der Waals surface area contributed by atoms with Crippen LogP contribution in [0.1, 0.15) is 12.5 Å². The third kappa shape index (κ3) is 1.86. The van der Waals surface area contributed by atoms with Crippen molar-refractivity contribution in [2.75, 3.05) is 13.7 Å². The number of aliphatic hydroxyl groups is 2. The Hall–Kier alpha value is -1.26. The van der Waals surface area contributed by atoms with E-state index in [1.165, 1.54) is 0 Å². The summed E-state index contributed by atoms with van der Waals surface area (Å²) in [6.45, 7) is 1.25. The molecule has 0 unspecified atom stereocenters. The number of methoxy groups -OCH3 is 1. The van der Waals surface area contributed by atoms with Crippen molar-refractivity contribution in [1.29, 1.82) is 0 Å². The molecule has 2 N–H and O–H groups in total. The van der Waals surface area contributed by atoms with Crippen molar-refractivity contribution in [3.63, 3.8) is 0 Å². The van der Waals surface area contributed by atoms with E-state index < -0.39 is 11.7 Å². The Balaban J connectivity index is 2.21. The lowest BCUT2D eigenvalue weighted by molar-refractivity contribution is -0.0729. The monoisotopic (exact) mass is 224 g/mol. The van der Waals surface area contributed by atoms with E-state index in [2.05, 4.69) is 0 Å². The van der Waals surface area contributed by atoms with Gasteiger partial charge in [0.05, 0.1) is 13.7 Å². The Morgan fingerprint density at radius 3 is 2.94 bits per heavy atom. The van der Waals surface area contributed by atoms with Gasteiger partial charge in [-0.05, 0) is 18.6 Å². The third-order valence-corrected chi connectivity index (χ3v) is 2.96. The van der Waals surface area contributed by atoms with Gasteiger partial charge in [-0.25, -0.2) is 0 Å². The quantitative estimate of drug-likeness (QED) is 0.795. The summed E-state index contributed by atoms with van der Waals surface area (Å²) < 4.78 is 10.7. The molecule has 0 spiro atoms. The fraction of sp³-hybridized carbons (Fsp3) is 0.500. The topological polar surface area (TPSA) is 58.9 Å². The van der Waals surface area contributed by atoms with E-state index in [-0.39, 0.29) is 6.61 Å². The highest BCUT2D eigenvalue weighted by Gasteiger charge is 2.38. The molecule has 4 nitrogen and oxygen atoms in total. The molecule has 2 atom stereocenters. The van der Waals surface area contributed by atoms with Crippen LogP contribution in [0.4, 0.5) is 0 Å². The molecule has 0 bridgehead atoms. The molecule has 4 heteroatoms. The van der Waals surface area contributed by atoms with Crippen molar-refractivity contribution in [3.05, 3.63) is 23.8 Å². The van der Waals surface area contributed by atoms with Crippen LogP contribution < -0.4 is 9.47 Å². The molecular weight excluding hydrogens is 208 g/mol. The van der Waals surface area contributed by atoms with Crippen LogP contribution in [0, 0.1) is 0 Å². The predicted molar refractivity (Wildman–Crippen MR) is 58.8 cm³/mol. The normalized spacial score (nSPS) is 22.1. The van der Waals surface area contributed by atoms with E-state index in [4.69, 9.17) is 14.6 Å². The summed E-state index contributed by atoms with van der Waals surface area (Å²) >= 11 is 0. The van der Waals surface area contributed by atoms with Gasteiger partial charge in [0, 0.05) is 12.5 Å². The van der Waals surface area contributed by atoms with E-state index >= 15 is 0 Å². The van der Waals surface area contributed by atoms with Gasteiger partial charge in [0.1, 0.15) is 23.2 Å². The largest absolute Gasteiger partial charge is 0.497 e. The van der Waals surface area contributed by atoms with Gasteiger partial charge in [-0.2, -0.15) is 0 Å². The molecule has 0 saturated carbocycles. The molecule has 88 valence electrons. The second-order valence-electron chi connectivity index (χ2n) is 4.30. The summed E-state index contributed by atoms with van der Waals surface area (Å²) in [6.07, 6.45) is 0.201. The molecule has 1 heterocycles. The fourth-order valence-corrected chi connectivity index (χ4v) is 1.78. The Labute approximate surface area is 94.4 Å². The highest BCUT2D eigenvalue weighted by atomic mass is 16.5. The van der Waals surface area contributed by atoms with E-state index in [0.29, 0.717) is 6.42 Å². The molecule has 0 radical (unpaired) electrons. The van der Waals surface area contributed by atoms with Crippen LogP contribution in [0.25, 0.3) is 0 Å². The Morgan fingerprint density at radius 2 is 2.31 bits per heavy atom. The summed E-state index contributed by atoms with van der Waals surface area (Å²) in [7, 11) is 1.60. The van der Waals surface area contributed by atoms with Crippen LogP contribution in [0.2, 0.25) is 0 Å². The van der Waals surface area contributed by atoms with Gasteiger partial charge in [-0.1, -0.05) is 6.07 Å². The van der Waals surface area contributed by atoms with Gasteiger partial charge >= 0.3 is 0 Å². The van der Waals surface area contributed by atoms with Crippen LogP contribution in [-0.2, 0) is 6.42 Å². The maximum atomic E-state index is 9.92. The van der Waals surface area contributed by atoms with Crippen LogP contribution in [0.15, 0.2) is 18.2 Å². The minimum Gasteiger partial charge on any atom is -0.497 e. The zero-order valence-corrected chi connectivity index (χ0v) is 9.43. The number of benzene rings is 1. The number of fused-ring (bicyclic) bond motifs is 1. The fourth-order valence-electron chi connectivity index (χ4n) is 1.78. The smallest absolute Gasteiger partial charge is 0.133 e. The third-order valence-electron chi connectivity index (χ3n) is 2.96. The molecule has 0 aliphatic carbocycles. The van der Waals surface area contributed by atoms with Crippen molar-refractivity contribution in [2.45, 2.75) is 25.0 Å². The minimum atomic E-state index is -1.22. The number of hydrogen-bond acceptors (Lipinski definition) is 4. The van der Waals surface area contributed by atoms with Crippen LogP contribution in [0.5, 0.6) is 11.5 Å². The highest BCUT2D eigenvalue weighted by Crippen LogP contribution is 2.35. The first-order chi connectivity index (χ1) is 7.56. The van der Waals surface area contributed by atoms with Crippen LogP contribution >= 0.6 is 0 Å². The van der Waals surface area contributed by atoms with Crippen molar-refractivity contribution < 1.29 is 19.7 Å².